The van der Waals surface area contributed by atoms with Crippen LogP contribution in [-0.2, 0) is 10.3 Å². The highest BCUT2D eigenvalue weighted by molar-refractivity contribution is 5.96. The highest BCUT2D eigenvalue weighted by Crippen LogP contribution is 2.18. The predicted molar refractivity (Wildman–Crippen MR) is 85.3 cm³/mol. The van der Waals surface area contributed by atoms with E-state index in [2.05, 4.69) is 15.7 Å². The number of amides is 1. The zero-order valence-corrected chi connectivity index (χ0v) is 13.5. The molecule has 2 rings (SSSR count). The van der Waals surface area contributed by atoms with Crippen LogP contribution in [0.4, 0.5) is 20.2 Å². The van der Waals surface area contributed by atoms with Gasteiger partial charge in [-0.1, -0.05) is 0 Å². The Labute approximate surface area is 133 Å². The number of hydrogen-bond acceptors (Lipinski definition) is 3. The number of benzene rings is 1. The van der Waals surface area contributed by atoms with E-state index < -0.39 is 23.6 Å². The summed E-state index contributed by atoms with van der Waals surface area (Å²) in [6.45, 7) is 7.68. The maximum Gasteiger partial charge on any atom is 0.246 e. The van der Waals surface area contributed by atoms with Gasteiger partial charge in [0.05, 0.1) is 23.1 Å². The summed E-state index contributed by atoms with van der Waals surface area (Å²) in [5, 5.41) is 9.65. The Morgan fingerprint density at radius 1 is 1.30 bits per heavy atom. The highest BCUT2D eigenvalue weighted by atomic mass is 19.1. The van der Waals surface area contributed by atoms with Crippen LogP contribution in [0.3, 0.4) is 0 Å². The fraction of sp³-hybridized carbons (Fsp3) is 0.375. The van der Waals surface area contributed by atoms with E-state index in [1.54, 1.807) is 24.0 Å². The Bertz CT molecular complexity index is 706. The molecule has 0 aliphatic rings. The number of hydrogen-bond donors (Lipinski definition) is 2. The van der Waals surface area contributed by atoms with E-state index in [9.17, 15) is 13.6 Å². The summed E-state index contributed by atoms with van der Waals surface area (Å²) in [6, 6.07) is 2.38. The summed E-state index contributed by atoms with van der Waals surface area (Å²) in [5.41, 5.74) is 0.459. The molecule has 1 atom stereocenters. The molecule has 5 nitrogen and oxygen atoms in total. The van der Waals surface area contributed by atoms with Gasteiger partial charge in [-0.2, -0.15) is 5.10 Å². The number of aromatic nitrogens is 2. The number of halogens is 2. The maximum atomic E-state index is 13.5. The molecule has 2 aromatic rings. The van der Waals surface area contributed by atoms with E-state index in [0.717, 1.165) is 12.1 Å². The lowest BCUT2D eigenvalue weighted by Gasteiger charge is -2.19. The Morgan fingerprint density at radius 3 is 2.57 bits per heavy atom. The van der Waals surface area contributed by atoms with Crippen LogP contribution in [0.5, 0.6) is 0 Å². The van der Waals surface area contributed by atoms with Crippen molar-refractivity contribution >= 4 is 17.3 Å². The summed E-state index contributed by atoms with van der Waals surface area (Å²) in [4.78, 5) is 12.1. The molecule has 1 amide bonds. The van der Waals surface area contributed by atoms with Crippen molar-refractivity contribution in [2.75, 3.05) is 10.6 Å². The SMILES string of the molecule is C[C@@H](Nc1cnn(C(C)(C)C)c1)C(=O)Nc1ccc(F)cc1F. The van der Waals surface area contributed by atoms with Crippen LogP contribution < -0.4 is 10.6 Å². The molecule has 0 aliphatic carbocycles. The van der Waals surface area contributed by atoms with Gasteiger partial charge < -0.3 is 10.6 Å². The third-order valence-corrected chi connectivity index (χ3v) is 3.24. The quantitative estimate of drug-likeness (QED) is 0.907. The molecule has 0 saturated carbocycles. The monoisotopic (exact) mass is 322 g/mol. The summed E-state index contributed by atoms with van der Waals surface area (Å²) < 4.78 is 28.2. The first-order chi connectivity index (χ1) is 10.7. The summed E-state index contributed by atoms with van der Waals surface area (Å²) in [5.74, 6) is -1.94. The minimum atomic E-state index is -0.814. The van der Waals surface area contributed by atoms with E-state index in [4.69, 9.17) is 0 Å². The Hall–Kier alpha value is -2.44. The number of nitrogens with zero attached hydrogens (tertiary/aromatic N) is 2. The fourth-order valence-corrected chi connectivity index (χ4v) is 1.91. The van der Waals surface area contributed by atoms with Gasteiger partial charge in [0.15, 0.2) is 0 Å². The van der Waals surface area contributed by atoms with Crippen LogP contribution in [-0.4, -0.2) is 21.7 Å². The van der Waals surface area contributed by atoms with Crippen LogP contribution in [0.1, 0.15) is 27.7 Å². The third-order valence-electron chi connectivity index (χ3n) is 3.24. The Balaban J connectivity index is 2.01. The molecule has 1 heterocycles. The lowest BCUT2D eigenvalue weighted by atomic mass is 10.1. The summed E-state index contributed by atoms with van der Waals surface area (Å²) in [7, 11) is 0. The van der Waals surface area contributed by atoms with Crippen molar-refractivity contribution in [1.82, 2.24) is 9.78 Å². The van der Waals surface area contributed by atoms with Gasteiger partial charge in [0, 0.05) is 12.3 Å². The second-order valence-corrected chi connectivity index (χ2v) is 6.32. The molecule has 0 saturated heterocycles. The molecule has 124 valence electrons. The van der Waals surface area contributed by atoms with E-state index in [1.165, 1.54) is 6.07 Å². The zero-order valence-electron chi connectivity index (χ0n) is 13.5. The molecule has 0 aliphatic heterocycles. The van der Waals surface area contributed by atoms with Gasteiger partial charge in [-0.3, -0.25) is 9.48 Å². The largest absolute Gasteiger partial charge is 0.371 e. The first kappa shape index (κ1) is 16.9. The molecule has 0 fully saturated rings. The molecule has 23 heavy (non-hydrogen) atoms. The van der Waals surface area contributed by atoms with Gasteiger partial charge in [0.2, 0.25) is 5.91 Å². The van der Waals surface area contributed by atoms with Crippen molar-refractivity contribution in [2.45, 2.75) is 39.3 Å². The lowest BCUT2D eigenvalue weighted by molar-refractivity contribution is -0.116. The average Bonchev–Trinajstić information content (AvgIpc) is 2.90. The molecule has 2 N–H and O–H groups in total. The first-order valence-electron chi connectivity index (χ1n) is 7.24. The van der Waals surface area contributed by atoms with Crippen LogP contribution in [0, 0.1) is 11.6 Å². The van der Waals surface area contributed by atoms with Gasteiger partial charge >= 0.3 is 0 Å². The number of nitrogens with one attached hydrogen (secondary N) is 2. The van der Waals surface area contributed by atoms with Crippen molar-refractivity contribution in [1.29, 1.82) is 0 Å². The van der Waals surface area contributed by atoms with E-state index in [0.29, 0.717) is 5.69 Å². The first-order valence-corrected chi connectivity index (χ1v) is 7.24. The van der Waals surface area contributed by atoms with E-state index in [1.807, 2.05) is 20.8 Å². The fourth-order valence-electron chi connectivity index (χ4n) is 1.91. The minimum Gasteiger partial charge on any atom is -0.371 e. The number of anilines is 2. The normalized spacial score (nSPS) is 12.8. The molecule has 0 unspecified atom stereocenters. The van der Waals surface area contributed by atoms with Gasteiger partial charge in [0.25, 0.3) is 0 Å². The van der Waals surface area contributed by atoms with Gasteiger partial charge in [-0.15, -0.1) is 0 Å². The average molecular weight is 322 g/mol. The summed E-state index contributed by atoms with van der Waals surface area (Å²) >= 11 is 0. The molecule has 0 spiro atoms. The van der Waals surface area contributed by atoms with Crippen LogP contribution >= 0.6 is 0 Å². The molecular weight excluding hydrogens is 302 g/mol. The molecular formula is C16H20F2N4O. The van der Waals surface area contributed by atoms with Gasteiger partial charge in [0.1, 0.15) is 17.7 Å². The standard InChI is InChI=1S/C16H20F2N4O/c1-10(20-12-8-19-22(9-12)16(2,3)4)15(23)21-14-6-5-11(17)7-13(14)18/h5-10,20H,1-4H3,(H,21,23)/t10-/m1/s1. The number of carbonyl (C=O) groups is 1. The van der Waals surface area contributed by atoms with Crippen molar-refractivity contribution in [2.24, 2.45) is 0 Å². The topological polar surface area (TPSA) is 59.0 Å². The van der Waals surface area contributed by atoms with E-state index in [-0.39, 0.29) is 11.2 Å². The minimum absolute atomic E-state index is 0.0598. The molecule has 1 aromatic carbocycles. The maximum absolute atomic E-state index is 13.5. The predicted octanol–water partition coefficient (Wildman–Crippen LogP) is 3.36. The molecule has 7 heteroatoms. The van der Waals surface area contributed by atoms with Crippen LogP contribution in [0.15, 0.2) is 30.6 Å². The zero-order chi connectivity index (χ0) is 17.2. The van der Waals surface area contributed by atoms with Crippen molar-refractivity contribution in [3.63, 3.8) is 0 Å². The van der Waals surface area contributed by atoms with Crippen LogP contribution in [0.25, 0.3) is 0 Å². The third kappa shape index (κ3) is 4.28. The van der Waals surface area contributed by atoms with Crippen molar-refractivity contribution < 1.29 is 13.6 Å². The summed E-state index contributed by atoms with van der Waals surface area (Å²) in [6.07, 6.45) is 3.41. The van der Waals surface area contributed by atoms with E-state index >= 15 is 0 Å². The number of carbonyl (C=O) groups excluding carboxylic acids is 1. The second kappa shape index (κ2) is 6.36. The van der Waals surface area contributed by atoms with Gasteiger partial charge in [-0.05, 0) is 39.8 Å². The number of rotatable bonds is 4. The Kier molecular flexibility index (Phi) is 4.68. The Morgan fingerprint density at radius 2 is 2.00 bits per heavy atom. The van der Waals surface area contributed by atoms with Crippen molar-refractivity contribution in [3.8, 4) is 0 Å². The highest BCUT2D eigenvalue weighted by Gasteiger charge is 2.18. The molecule has 0 bridgehead atoms. The second-order valence-electron chi connectivity index (χ2n) is 6.32. The van der Waals surface area contributed by atoms with Crippen molar-refractivity contribution in [3.05, 3.63) is 42.2 Å². The van der Waals surface area contributed by atoms with Crippen LogP contribution in [0.2, 0.25) is 0 Å². The lowest BCUT2D eigenvalue weighted by Crippen LogP contribution is -2.32. The smallest absolute Gasteiger partial charge is 0.246 e. The molecule has 0 radical (unpaired) electrons. The molecule has 1 aromatic heterocycles. The van der Waals surface area contributed by atoms with Gasteiger partial charge in [-0.25, -0.2) is 8.78 Å².